The standard InChI is InChI=1S/C14H12F2N2O2/c15-14(16)20-13-4-2-1-3-10(13)8-18-9-12-6-5-11(7-17)19-12/h1-6,14,18H,8-9H2. The summed E-state index contributed by atoms with van der Waals surface area (Å²) in [6, 6.07) is 11.7. The molecular formula is C14H12F2N2O2. The van der Waals surface area contributed by atoms with E-state index >= 15 is 0 Å². The van der Waals surface area contributed by atoms with E-state index in [4.69, 9.17) is 9.68 Å². The van der Waals surface area contributed by atoms with Crippen LogP contribution in [0.3, 0.4) is 0 Å². The van der Waals surface area contributed by atoms with Gasteiger partial charge in [0, 0.05) is 12.1 Å². The van der Waals surface area contributed by atoms with E-state index in [-0.39, 0.29) is 11.5 Å². The Morgan fingerprint density at radius 3 is 2.70 bits per heavy atom. The molecule has 2 rings (SSSR count). The maximum atomic E-state index is 12.2. The van der Waals surface area contributed by atoms with E-state index in [2.05, 4.69) is 10.1 Å². The molecule has 0 aliphatic rings. The van der Waals surface area contributed by atoms with Gasteiger partial charge < -0.3 is 14.5 Å². The van der Waals surface area contributed by atoms with Crippen molar-refractivity contribution in [2.24, 2.45) is 0 Å². The molecule has 1 N–H and O–H groups in total. The number of nitriles is 1. The van der Waals surface area contributed by atoms with Crippen LogP contribution < -0.4 is 10.1 Å². The molecule has 1 heterocycles. The number of benzene rings is 1. The Balaban J connectivity index is 1.92. The molecule has 0 spiro atoms. The molecule has 0 saturated heterocycles. The predicted octanol–water partition coefficient (Wildman–Crippen LogP) is 3.04. The van der Waals surface area contributed by atoms with Crippen LogP contribution in [-0.4, -0.2) is 6.61 Å². The van der Waals surface area contributed by atoms with E-state index in [1.807, 2.05) is 6.07 Å². The molecular weight excluding hydrogens is 266 g/mol. The lowest BCUT2D eigenvalue weighted by Gasteiger charge is -2.10. The first-order chi connectivity index (χ1) is 9.69. The van der Waals surface area contributed by atoms with Gasteiger partial charge in [-0.2, -0.15) is 14.0 Å². The zero-order chi connectivity index (χ0) is 14.4. The Hall–Kier alpha value is -2.39. The van der Waals surface area contributed by atoms with Crippen LogP contribution in [0.5, 0.6) is 5.75 Å². The van der Waals surface area contributed by atoms with Crippen molar-refractivity contribution >= 4 is 0 Å². The number of nitrogens with one attached hydrogen (secondary N) is 1. The Morgan fingerprint density at radius 1 is 1.20 bits per heavy atom. The minimum absolute atomic E-state index is 0.146. The number of ether oxygens (including phenoxy) is 1. The van der Waals surface area contributed by atoms with Gasteiger partial charge >= 0.3 is 6.61 Å². The average Bonchev–Trinajstić information content (AvgIpc) is 2.88. The highest BCUT2D eigenvalue weighted by Crippen LogP contribution is 2.20. The second-order valence-electron chi connectivity index (χ2n) is 3.97. The molecule has 0 fully saturated rings. The second-order valence-corrected chi connectivity index (χ2v) is 3.97. The molecule has 0 amide bonds. The quantitative estimate of drug-likeness (QED) is 0.882. The summed E-state index contributed by atoms with van der Waals surface area (Å²) < 4.78 is 34.1. The molecule has 0 aliphatic heterocycles. The van der Waals surface area contributed by atoms with Gasteiger partial charge in [0.15, 0.2) is 0 Å². The van der Waals surface area contributed by atoms with E-state index < -0.39 is 6.61 Å². The number of hydrogen-bond acceptors (Lipinski definition) is 4. The minimum Gasteiger partial charge on any atom is -0.449 e. The first-order valence-corrected chi connectivity index (χ1v) is 5.91. The van der Waals surface area contributed by atoms with Crippen LogP contribution >= 0.6 is 0 Å². The predicted molar refractivity (Wildman–Crippen MR) is 67.0 cm³/mol. The zero-order valence-electron chi connectivity index (χ0n) is 10.5. The molecule has 6 heteroatoms. The summed E-state index contributed by atoms with van der Waals surface area (Å²) in [6.07, 6.45) is 0. The third-order valence-corrected chi connectivity index (χ3v) is 2.58. The smallest absolute Gasteiger partial charge is 0.387 e. The molecule has 0 saturated carbocycles. The summed E-state index contributed by atoms with van der Waals surface area (Å²) in [4.78, 5) is 0. The van der Waals surface area contributed by atoms with Crippen LogP contribution in [0.1, 0.15) is 17.1 Å². The van der Waals surface area contributed by atoms with E-state index in [1.165, 1.54) is 6.07 Å². The molecule has 0 radical (unpaired) electrons. The fourth-order valence-electron chi connectivity index (χ4n) is 1.71. The maximum Gasteiger partial charge on any atom is 0.387 e. The van der Waals surface area contributed by atoms with Crippen LogP contribution in [-0.2, 0) is 13.1 Å². The van der Waals surface area contributed by atoms with Gasteiger partial charge in [-0.25, -0.2) is 0 Å². The minimum atomic E-state index is -2.85. The first-order valence-electron chi connectivity index (χ1n) is 5.91. The van der Waals surface area contributed by atoms with Crippen molar-refractivity contribution < 1.29 is 17.9 Å². The number of para-hydroxylation sites is 1. The molecule has 104 valence electrons. The van der Waals surface area contributed by atoms with Crippen molar-refractivity contribution in [3.8, 4) is 11.8 Å². The molecule has 1 aromatic carbocycles. The lowest BCUT2D eigenvalue weighted by atomic mass is 10.2. The van der Waals surface area contributed by atoms with Gasteiger partial charge in [-0.1, -0.05) is 18.2 Å². The van der Waals surface area contributed by atoms with E-state index in [1.54, 1.807) is 30.3 Å². The molecule has 0 bridgehead atoms. The van der Waals surface area contributed by atoms with Crippen molar-refractivity contribution in [3.05, 3.63) is 53.5 Å². The Labute approximate surface area is 114 Å². The SMILES string of the molecule is N#Cc1ccc(CNCc2ccccc2OC(F)F)o1. The van der Waals surface area contributed by atoms with Gasteiger partial charge in [-0.05, 0) is 18.2 Å². The molecule has 2 aromatic rings. The third kappa shape index (κ3) is 3.80. The number of furan rings is 1. The maximum absolute atomic E-state index is 12.2. The highest BCUT2D eigenvalue weighted by Gasteiger charge is 2.09. The number of rotatable bonds is 6. The summed E-state index contributed by atoms with van der Waals surface area (Å²) in [6.45, 7) is -2.10. The lowest BCUT2D eigenvalue weighted by molar-refractivity contribution is -0.0505. The molecule has 4 nitrogen and oxygen atoms in total. The van der Waals surface area contributed by atoms with Gasteiger partial charge in [-0.15, -0.1) is 0 Å². The molecule has 20 heavy (non-hydrogen) atoms. The van der Waals surface area contributed by atoms with Gasteiger partial charge in [0.2, 0.25) is 5.76 Å². The fourth-order valence-corrected chi connectivity index (χ4v) is 1.71. The number of halogens is 2. The molecule has 0 unspecified atom stereocenters. The van der Waals surface area contributed by atoms with E-state index in [0.29, 0.717) is 24.4 Å². The Morgan fingerprint density at radius 2 is 2.00 bits per heavy atom. The van der Waals surface area contributed by atoms with Gasteiger partial charge in [0.1, 0.15) is 17.6 Å². The van der Waals surface area contributed by atoms with Crippen molar-refractivity contribution in [2.75, 3.05) is 0 Å². The number of nitrogens with zero attached hydrogens (tertiary/aromatic N) is 1. The fraction of sp³-hybridized carbons (Fsp3) is 0.214. The zero-order valence-corrected chi connectivity index (χ0v) is 10.5. The van der Waals surface area contributed by atoms with Crippen LogP contribution in [0.15, 0.2) is 40.8 Å². The van der Waals surface area contributed by atoms with Gasteiger partial charge in [-0.3, -0.25) is 0 Å². The molecule has 0 aliphatic carbocycles. The van der Waals surface area contributed by atoms with Crippen molar-refractivity contribution in [1.82, 2.24) is 5.32 Å². The Bertz CT molecular complexity index is 605. The highest BCUT2D eigenvalue weighted by atomic mass is 19.3. The largest absolute Gasteiger partial charge is 0.449 e. The second kappa shape index (κ2) is 6.68. The van der Waals surface area contributed by atoms with Crippen molar-refractivity contribution in [2.45, 2.75) is 19.7 Å². The topological polar surface area (TPSA) is 58.2 Å². The number of hydrogen-bond donors (Lipinski definition) is 1. The summed E-state index contributed by atoms with van der Waals surface area (Å²) in [5.41, 5.74) is 0.625. The first kappa shape index (κ1) is 14.0. The van der Waals surface area contributed by atoms with Crippen molar-refractivity contribution in [3.63, 3.8) is 0 Å². The Kier molecular flexibility index (Phi) is 4.69. The monoisotopic (exact) mass is 278 g/mol. The highest BCUT2D eigenvalue weighted by molar-refractivity contribution is 5.33. The lowest BCUT2D eigenvalue weighted by Crippen LogP contribution is -2.14. The van der Waals surface area contributed by atoms with Crippen LogP contribution in [0, 0.1) is 11.3 Å². The van der Waals surface area contributed by atoms with Crippen LogP contribution in [0.4, 0.5) is 8.78 Å². The van der Waals surface area contributed by atoms with Gasteiger partial charge in [0.25, 0.3) is 0 Å². The van der Waals surface area contributed by atoms with Gasteiger partial charge in [0.05, 0.1) is 6.54 Å². The van der Waals surface area contributed by atoms with E-state index in [0.717, 1.165) is 0 Å². The molecule has 0 atom stereocenters. The summed E-state index contributed by atoms with van der Waals surface area (Å²) in [7, 11) is 0. The third-order valence-electron chi connectivity index (χ3n) is 2.58. The van der Waals surface area contributed by atoms with E-state index in [9.17, 15) is 8.78 Å². The summed E-state index contributed by atoms with van der Waals surface area (Å²) >= 11 is 0. The molecule has 1 aromatic heterocycles. The summed E-state index contributed by atoms with van der Waals surface area (Å²) in [5.74, 6) is 0.990. The number of alkyl halides is 2. The summed E-state index contributed by atoms with van der Waals surface area (Å²) in [5, 5.41) is 11.7. The van der Waals surface area contributed by atoms with Crippen LogP contribution in [0.2, 0.25) is 0 Å². The van der Waals surface area contributed by atoms with Crippen molar-refractivity contribution in [1.29, 1.82) is 5.26 Å². The normalized spacial score (nSPS) is 10.5. The van der Waals surface area contributed by atoms with Crippen LogP contribution in [0.25, 0.3) is 0 Å². The average molecular weight is 278 g/mol.